The molecule has 1 aromatic carbocycles. The molecule has 0 saturated carbocycles. The molecule has 108 valence electrons. The zero-order chi connectivity index (χ0) is 14.4. The monoisotopic (exact) mass is 276 g/mol. The number of rotatable bonds is 3. The Morgan fingerprint density at radius 3 is 2.75 bits per heavy atom. The Bertz CT molecular complexity index is 461. The van der Waals surface area contributed by atoms with Crippen LogP contribution in [0.4, 0.5) is 4.79 Å². The van der Waals surface area contributed by atoms with E-state index in [1.54, 1.807) is 4.90 Å². The maximum absolute atomic E-state index is 12.2. The van der Waals surface area contributed by atoms with Crippen LogP contribution in [-0.4, -0.2) is 36.6 Å². The summed E-state index contributed by atoms with van der Waals surface area (Å²) in [4.78, 5) is 25.5. The molecular formula is C15H20N2O3. The van der Waals surface area contributed by atoms with Crippen molar-refractivity contribution in [2.24, 2.45) is 0 Å². The van der Waals surface area contributed by atoms with Gasteiger partial charge in [-0.05, 0) is 24.8 Å². The van der Waals surface area contributed by atoms with E-state index in [2.05, 4.69) is 5.32 Å². The lowest BCUT2D eigenvalue weighted by atomic mass is 10.0. The first-order valence-corrected chi connectivity index (χ1v) is 6.88. The van der Waals surface area contributed by atoms with Crippen LogP contribution in [0.5, 0.6) is 0 Å². The van der Waals surface area contributed by atoms with E-state index in [4.69, 9.17) is 4.74 Å². The van der Waals surface area contributed by atoms with Gasteiger partial charge in [0, 0.05) is 13.1 Å². The summed E-state index contributed by atoms with van der Waals surface area (Å²) < 4.78 is 4.77. The molecule has 1 aliphatic rings. The molecule has 0 radical (unpaired) electrons. The van der Waals surface area contributed by atoms with Gasteiger partial charge in [0.05, 0.1) is 7.11 Å². The van der Waals surface area contributed by atoms with Gasteiger partial charge in [-0.15, -0.1) is 0 Å². The van der Waals surface area contributed by atoms with Gasteiger partial charge in [-0.3, -0.25) is 0 Å². The van der Waals surface area contributed by atoms with Crippen LogP contribution in [0.15, 0.2) is 30.3 Å². The molecule has 20 heavy (non-hydrogen) atoms. The SMILES string of the molecule is COC(=O)C1CCCCN1C(=O)NCc1ccccc1. The molecule has 0 bridgehead atoms. The molecule has 1 atom stereocenters. The van der Waals surface area contributed by atoms with Crippen molar-refractivity contribution in [3.63, 3.8) is 0 Å². The molecule has 1 aromatic rings. The molecule has 1 unspecified atom stereocenters. The van der Waals surface area contributed by atoms with Crippen molar-refractivity contribution in [3.8, 4) is 0 Å². The number of likely N-dealkylation sites (tertiary alicyclic amines) is 1. The average Bonchev–Trinajstić information content (AvgIpc) is 2.52. The lowest BCUT2D eigenvalue weighted by Gasteiger charge is -2.33. The number of hydrogen-bond acceptors (Lipinski definition) is 3. The first-order valence-electron chi connectivity index (χ1n) is 6.88. The smallest absolute Gasteiger partial charge is 0.328 e. The van der Waals surface area contributed by atoms with Crippen LogP contribution >= 0.6 is 0 Å². The van der Waals surface area contributed by atoms with Crippen LogP contribution < -0.4 is 5.32 Å². The fraction of sp³-hybridized carbons (Fsp3) is 0.467. The quantitative estimate of drug-likeness (QED) is 0.858. The van der Waals surface area contributed by atoms with E-state index in [0.29, 0.717) is 19.5 Å². The van der Waals surface area contributed by atoms with Crippen LogP contribution in [0.1, 0.15) is 24.8 Å². The number of ether oxygens (including phenoxy) is 1. The molecule has 1 saturated heterocycles. The molecule has 1 aliphatic heterocycles. The molecule has 0 spiro atoms. The lowest BCUT2D eigenvalue weighted by Crippen LogP contribution is -2.52. The molecule has 5 nitrogen and oxygen atoms in total. The summed E-state index contributed by atoms with van der Waals surface area (Å²) >= 11 is 0. The zero-order valence-corrected chi connectivity index (χ0v) is 11.7. The Morgan fingerprint density at radius 1 is 1.30 bits per heavy atom. The summed E-state index contributed by atoms with van der Waals surface area (Å²) in [5.41, 5.74) is 1.03. The zero-order valence-electron chi connectivity index (χ0n) is 11.7. The average molecular weight is 276 g/mol. The normalized spacial score (nSPS) is 18.4. The highest BCUT2D eigenvalue weighted by atomic mass is 16.5. The predicted octanol–water partition coefficient (Wildman–Crippen LogP) is 1.92. The van der Waals surface area contributed by atoms with Crippen molar-refractivity contribution in [2.75, 3.05) is 13.7 Å². The van der Waals surface area contributed by atoms with Gasteiger partial charge in [0.2, 0.25) is 0 Å². The van der Waals surface area contributed by atoms with Gasteiger partial charge in [0.1, 0.15) is 6.04 Å². The van der Waals surface area contributed by atoms with Crippen molar-refractivity contribution in [1.82, 2.24) is 10.2 Å². The fourth-order valence-corrected chi connectivity index (χ4v) is 2.43. The summed E-state index contributed by atoms with van der Waals surface area (Å²) in [6.07, 6.45) is 2.54. The Balaban J connectivity index is 1.94. The van der Waals surface area contributed by atoms with E-state index in [1.807, 2.05) is 30.3 Å². The highest BCUT2D eigenvalue weighted by molar-refractivity contribution is 5.83. The summed E-state index contributed by atoms with van der Waals surface area (Å²) in [5.74, 6) is -0.334. The van der Waals surface area contributed by atoms with Gasteiger partial charge in [0.15, 0.2) is 0 Å². The number of esters is 1. The van der Waals surface area contributed by atoms with E-state index in [1.165, 1.54) is 7.11 Å². The minimum absolute atomic E-state index is 0.205. The molecule has 1 heterocycles. The topological polar surface area (TPSA) is 58.6 Å². The van der Waals surface area contributed by atoms with Crippen molar-refractivity contribution >= 4 is 12.0 Å². The van der Waals surface area contributed by atoms with E-state index in [0.717, 1.165) is 18.4 Å². The van der Waals surface area contributed by atoms with E-state index < -0.39 is 6.04 Å². The number of carbonyl (C=O) groups is 2. The van der Waals surface area contributed by atoms with Crippen molar-refractivity contribution < 1.29 is 14.3 Å². The Kier molecular flexibility index (Phi) is 4.98. The van der Waals surface area contributed by atoms with Gasteiger partial charge in [-0.1, -0.05) is 30.3 Å². The second kappa shape index (κ2) is 6.93. The number of amides is 2. The van der Waals surface area contributed by atoms with Crippen LogP contribution in [0, 0.1) is 0 Å². The van der Waals surface area contributed by atoms with Gasteiger partial charge in [-0.2, -0.15) is 0 Å². The minimum atomic E-state index is -0.454. The van der Waals surface area contributed by atoms with E-state index in [9.17, 15) is 9.59 Å². The van der Waals surface area contributed by atoms with Crippen molar-refractivity contribution in [3.05, 3.63) is 35.9 Å². The van der Waals surface area contributed by atoms with Crippen molar-refractivity contribution in [2.45, 2.75) is 31.8 Å². The second-order valence-corrected chi connectivity index (χ2v) is 4.87. The van der Waals surface area contributed by atoms with Crippen LogP contribution in [0.3, 0.4) is 0 Å². The van der Waals surface area contributed by atoms with Crippen molar-refractivity contribution in [1.29, 1.82) is 0 Å². The molecule has 1 fully saturated rings. The van der Waals surface area contributed by atoms with Crippen LogP contribution in [0.25, 0.3) is 0 Å². The number of urea groups is 1. The second-order valence-electron chi connectivity index (χ2n) is 4.87. The molecule has 2 amide bonds. The van der Waals surface area contributed by atoms with E-state index in [-0.39, 0.29) is 12.0 Å². The maximum Gasteiger partial charge on any atom is 0.328 e. The minimum Gasteiger partial charge on any atom is -0.467 e. The molecule has 2 rings (SSSR count). The van der Waals surface area contributed by atoms with Crippen LogP contribution in [0.2, 0.25) is 0 Å². The molecule has 0 aromatic heterocycles. The predicted molar refractivity (Wildman–Crippen MR) is 75.0 cm³/mol. The van der Waals surface area contributed by atoms with Gasteiger partial charge >= 0.3 is 12.0 Å². The highest BCUT2D eigenvalue weighted by Crippen LogP contribution is 2.18. The Labute approximate surface area is 118 Å². The third-order valence-electron chi connectivity index (χ3n) is 3.52. The van der Waals surface area contributed by atoms with Crippen LogP contribution in [-0.2, 0) is 16.1 Å². The summed E-state index contributed by atoms with van der Waals surface area (Å²) in [7, 11) is 1.36. The molecular weight excluding hydrogens is 256 g/mol. The number of methoxy groups -OCH3 is 1. The third-order valence-corrected chi connectivity index (χ3v) is 3.52. The first-order chi connectivity index (χ1) is 9.72. The number of carbonyl (C=O) groups excluding carboxylic acids is 2. The molecule has 0 aliphatic carbocycles. The summed E-state index contributed by atoms with van der Waals surface area (Å²) in [6, 6.07) is 9.04. The Morgan fingerprint density at radius 2 is 2.05 bits per heavy atom. The van der Waals surface area contributed by atoms with Gasteiger partial charge in [-0.25, -0.2) is 9.59 Å². The number of hydrogen-bond donors (Lipinski definition) is 1. The maximum atomic E-state index is 12.2. The standard InChI is InChI=1S/C15H20N2O3/c1-20-14(18)13-9-5-6-10-17(13)15(19)16-11-12-7-3-2-4-8-12/h2-4,7-8,13H,5-6,9-11H2,1H3,(H,16,19). The van der Waals surface area contributed by atoms with Gasteiger partial charge < -0.3 is 15.0 Å². The molecule has 1 N–H and O–H groups in total. The first kappa shape index (κ1) is 14.4. The molecule has 5 heteroatoms. The largest absolute Gasteiger partial charge is 0.467 e. The number of nitrogens with one attached hydrogen (secondary N) is 1. The fourth-order valence-electron chi connectivity index (χ4n) is 2.43. The highest BCUT2D eigenvalue weighted by Gasteiger charge is 2.32. The summed E-state index contributed by atoms with van der Waals surface area (Å²) in [5, 5.41) is 2.86. The Hall–Kier alpha value is -2.04. The number of nitrogens with zero attached hydrogens (tertiary/aromatic N) is 1. The summed E-state index contributed by atoms with van der Waals surface area (Å²) in [6.45, 7) is 1.06. The number of piperidine rings is 1. The lowest BCUT2D eigenvalue weighted by molar-refractivity contribution is -0.146. The van der Waals surface area contributed by atoms with E-state index >= 15 is 0 Å². The number of benzene rings is 1. The third kappa shape index (κ3) is 3.50. The van der Waals surface area contributed by atoms with Gasteiger partial charge in [0.25, 0.3) is 0 Å².